The molecule has 1 saturated carbocycles. The van der Waals surface area contributed by atoms with Crippen molar-refractivity contribution in [3.05, 3.63) is 54.1 Å². The van der Waals surface area contributed by atoms with Crippen LogP contribution in [0.4, 0.5) is 15.8 Å². The molecule has 1 fully saturated rings. The normalized spacial score (nSPS) is 17.8. The van der Waals surface area contributed by atoms with Crippen molar-refractivity contribution < 1.29 is 14.0 Å². The third-order valence-corrected chi connectivity index (χ3v) is 4.68. The minimum Gasteiger partial charge on any atom is -0.330 e. The molecule has 0 aliphatic heterocycles. The zero-order valence-corrected chi connectivity index (χ0v) is 16.7. The highest BCUT2D eigenvalue weighted by atomic mass is 35.5. The van der Waals surface area contributed by atoms with Crippen molar-refractivity contribution in [3.8, 4) is 0 Å². The lowest BCUT2D eigenvalue weighted by Crippen LogP contribution is -2.30. The molecule has 2 atom stereocenters. The fourth-order valence-electron chi connectivity index (χ4n) is 3.30. The Labute approximate surface area is 175 Å². The van der Waals surface area contributed by atoms with Gasteiger partial charge >= 0.3 is 0 Å². The molecule has 9 heteroatoms. The highest BCUT2D eigenvalue weighted by Crippen LogP contribution is 2.33. The number of nitrogens with two attached hydrogens (primary N) is 1. The number of rotatable bonds is 5. The quantitative estimate of drug-likeness (QED) is 0.676. The van der Waals surface area contributed by atoms with Crippen molar-refractivity contribution in [1.82, 2.24) is 4.98 Å². The molecule has 0 saturated heterocycles. The van der Waals surface area contributed by atoms with Gasteiger partial charge in [-0.3, -0.25) is 14.6 Å². The van der Waals surface area contributed by atoms with Crippen molar-refractivity contribution in [2.75, 3.05) is 17.2 Å². The van der Waals surface area contributed by atoms with Gasteiger partial charge in [-0.25, -0.2) is 4.39 Å². The second-order valence-electron chi connectivity index (χ2n) is 6.38. The van der Waals surface area contributed by atoms with Crippen LogP contribution in [0, 0.1) is 17.7 Å². The van der Waals surface area contributed by atoms with Crippen molar-refractivity contribution in [2.24, 2.45) is 17.6 Å². The Balaban J connectivity index is 0.00000196. The highest BCUT2D eigenvalue weighted by Gasteiger charge is 2.32. The van der Waals surface area contributed by atoms with E-state index in [4.69, 9.17) is 5.73 Å². The van der Waals surface area contributed by atoms with Gasteiger partial charge in [0.1, 0.15) is 11.5 Å². The molecule has 0 bridgehead atoms. The lowest BCUT2D eigenvalue weighted by Gasteiger charge is -2.19. The van der Waals surface area contributed by atoms with E-state index in [1.54, 1.807) is 18.2 Å². The molecule has 4 N–H and O–H groups in total. The number of carbonyl (C=O) groups is 2. The number of pyridine rings is 1. The summed E-state index contributed by atoms with van der Waals surface area (Å²) in [5, 5.41) is 5.41. The molecule has 2 amide bonds. The van der Waals surface area contributed by atoms with E-state index >= 15 is 0 Å². The summed E-state index contributed by atoms with van der Waals surface area (Å²) in [7, 11) is 0. The van der Waals surface area contributed by atoms with Gasteiger partial charge in [-0.1, -0.05) is 12.5 Å². The first-order valence-electron chi connectivity index (χ1n) is 8.61. The molecular weight excluding hydrogens is 406 g/mol. The number of carbonyl (C=O) groups excluding carboxylic acids is 2. The number of hydrogen-bond acceptors (Lipinski definition) is 4. The van der Waals surface area contributed by atoms with E-state index in [9.17, 15) is 14.0 Å². The van der Waals surface area contributed by atoms with Gasteiger partial charge in [0.15, 0.2) is 0 Å². The molecule has 0 unspecified atom stereocenters. The monoisotopic (exact) mass is 428 g/mol. The summed E-state index contributed by atoms with van der Waals surface area (Å²) < 4.78 is 13.7. The molecule has 0 radical (unpaired) electrons. The van der Waals surface area contributed by atoms with E-state index in [0.717, 1.165) is 19.3 Å². The summed E-state index contributed by atoms with van der Waals surface area (Å²) in [5.74, 6) is -1.19. The van der Waals surface area contributed by atoms with E-state index in [2.05, 4.69) is 15.6 Å². The standard InChI is InChI=1S/C19H21FN4O2.2ClH/c20-13-7-8-15(23-19(26)16-6-1-2-9-22-16)17(10-13)24-18(25)14-5-3-4-12(14)11-21;;/h1-2,6-10,12,14H,3-5,11,21H2,(H,23,26)(H,24,25);2*1H/t12-,14-;;/m1../s1. The summed E-state index contributed by atoms with van der Waals surface area (Å²) in [6.07, 6.45) is 4.14. The molecule has 152 valence electrons. The van der Waals surface area contributed by atoms with Gasteiger partial charge in [-0.2, -0.15) is 0 Å². The second-order valence-corrected chi connectivity index (χ2v) is 6.38. The smallest absolute Gasteiger partial charge is 0.274 e. The van der Waals surface area contributed by atoms with Crippen LogP contribution in [0.5, 0.6) is 0 Å². The number of nitrogens with zero attached hydrogens (tertiary/aromatic N) is 1. The number of halogens is 3. The Kier molecular flexibility index (Phi) is 9.31. The first-order chi connectivity index (χ1) is 12.6. The number of anilines is 2. The molecule has 0 spiro atoms. The number of amides is 2. The summed E-state index contributed by atoms with van der Waals surface area (Å²) in [6.45, 7) is 0.449. The lowest BCUT2D eigenvalue weighted by molar-refractivity contribution is -0.120. The fraction of sp³-hybridized carbons (Fsp3) is 0.316. The number of aromatic nitrogens is 1. The maximum atomic E-state index is 13.7. The van der Waals surface area contributed by atoms with E-state index in [1.807, 2.05) is 0 Å². The fourth-order valence-corrected chi connectivity index (χ4v) is 3.30. The molecular formula is C19H23Cl2FN4O2. The molecule has 1 heterocycles. The summed E-state index contributed by atoms with van der Waals surface area (Å²) >= 11 is 0. The average molecular weight is 429 g/mol. The molecule has 6 nitrogen and oxygen atoms in total. The van der Waals surface area contributed by atoms with Gasteiger partial charge in [0, 0.05) is 12.1 Å². The second kappa shape index (κ2) is 10.9. The number of hydrogen-bond donors (Lipinski definition) is 3. The maximum Gasteiger partial charge on any atom is 0.274 e. The summed E-state index contributed by atoms with van der Waals surface area (Å²) in [6, 6.07) is 8.81. The zero-order valence-electron chi connectivity index (χ0n) is 15.1. The van der Waals surface area contributed by atoms with Gasteiger partial charge in [0.2, 0.25) is 5.91 Å². The van der Waals surface area contributed by atoms with Gasteiger partial charge in [-0.15, -0.1) is 24.8 Å². The molecule has 1 aromatic heterocycles. The van der Waals surface area contributed by atoms with Crippen LogP contribution in [0.3, 0.4) is 0 Å². The lowest BCUT2D eigenvalue weighted by atomic mass is 9.95. The highest BCUT2D eigenvalue weighted by molar-refractivity contribution is 6.06. The van der Waals surface area contributed by atoms with E-state index < -0.39 is 11.7 Å². The van der Waals surface area contributed by atoms with Crippen LogP contribution in [0.2, 0.25) is 0 Å². The summed E-state index contributed by atoms with van der Waals surface area (Å²) in [5.41, 5.74) is 6.51. The zero-order chi connectivity index (χ0) is 18.5. The average Bonchev–Trinajstić information content (AvgIpc) is 3.13. The predicted molar refractivity (Wildman–Crippen MR) is 112 cm³/mol. The third kappa shape index (κ3) is 5.64. The molecule has 1 aromatic carbocycles. The molecule has 3 rings (SSSR count). The van der Waals surface area contributed by atoms with Crippen LogP contribution >= 0.6 is 24.8 Å². The van der Waals surface area contributed by atoms with Crippen LogP contribution in [-0.2, 0) is 4.79 Å². The summed E-state index contributed by atoms with van der Waals surface area (Å²) in [4.78, 5) is 28.9. The van der Waals surface area contributed by atoms with Crippen molar-refractivity contribution in [3.63, 3.8) is 0 Å². The minimum absolute atomic E-state index is 0. The molecule has 28 heavy (non-hydrogen) atoms. The van der Waals surface area contributed by atoms with Crippen molar-refractivity contribution >= 4 is 48.0 Å². The number of benzene rings is 1. The van der Waals surface area contributed by atoms with Crippen LogP contribution in [0.15, 0.2) is 42.6 Å². The molecule has 1 aliphatic carbocycles. The van der Waals surface area contributed by atoms with Crippen LogP contribution in [0.1, 0.15) is 29.8 Å². The predicted octanol–water partition coefficient (Wildman–Crippen LogP) is 3.63. The molecule has 2 aromatic rings. The third-order valence-electron chi connectivity index (χ3n) is 4.68. The van der Waals surface area contributed by atoms with Gasteiger partial charge in [0.05, 0.1) is 11.4 Å². The van der Waals surface area contributed by atoms with Gasteiger partial charge in [0.25, 0.3) is 5.91 Å². The topological polar surface area (TPSA) is 97.1 Å². The Morgan fingerprint density at radius 3 is 2.57 bits per heavy atom. The van der Waals surface area contributed by atoms with Crippen LogP contribution < -0.4 is 16.4 Å². The first-order valence-corrected chi connectivity index (χ1v) is 8.61. The SMILES string of the molecule is Cl.Cl.NC[C@H]1CCC[C@H]1C(=O)Nc1cc(F)ccc1NC(=O)c1ccccn1. The Hall–Kier alpha value is -2.22. The van der Waals surface area contributed by atoms with Crippen molar-refractivity contribution in [1.29, 1.82) is 0 Å². The van der Waals surface area contributed by atoms with Crippen molar-refractivity contribution in [2.45, 2.75) is 19.3 Å². The van der Waals surface area contributed by atoms with Gasteiger partial charge in [-0.05, 0) is 55.6 Å². The largest absolute Gasteiger partial charge is 0.330 e. The number of nitrogens with one attached hydrogen (secondary N) is 2. The van der Waals surface area contributed by atoms with E-state index in [-0.39, 0.29) is 53.9 Å². The van der Waals surface area contributed by atoms with Crippen LogP contribution in [-0.4, -0.2) is 23.3 Å². The first kappa shape index (κ1) is 23.8. The Morgan fingerprint density at radius 1 is 1.11 bits per heavy atom. The minimum atomic E-state index is -0.502. The van der Waals surface area contributed by atoms with E-state index in [1.165, 1.54) is 24.4 Å². The van der Waals surface area contributed by atoms with E-state index in [0.29, 0.717) is 12.2 Å². The Morgan fingerprint density at radius 2 is 1.89 bits per heavy atom. The van der Waals surface area contributed by atoms with Crippen LogP contribution in [0.25, 0.3) is 0 Å². The molecule has 1 aliphatic rings. The Bertz CT molecular complexity index is 808. The maximum absolute atomic E-state index is 13.7. The van der Waals surface area contributed by atoms with Gasteiger partial charge < -0.3 is 16.4 Å².